The van der Waals surface area contributed by atoms with Crippen LogP contribution in [0.3, 0.4) is 0 Å². The van der Waals surface area contributed by atoms with Gasteiger partial charge in [0.15, 0.2) is 0 Å². The first-order chi connectivity index (χ1) is 7.01. The molecule has 4 heteroatoms. The van der Waals surface area contributed by atoms with E-state index < -0.39 is 0 Å². The van der Waals surface area contributed by atoms with Crippen LogP contribution in [0.2, 0.25) is 0 Å². The third kappa shape index (κ3) is 6.79. The second-order valence-electron chi connectivity index (χ2n) is 4.02. The third-order valence-electron chi connectivity index (χ3n) is 2.47. The van der Waals surface area contributed by atoms with Crippen molar-refractivity contribution in [2.45, 2.75) is 38.5 Å². The average Bonchev–Trinajstić information content (AvgIpc) is 2.24. The second-order valence-corrected chi connectivity index (χ2v) is 5.29. The summed E-state index contributed by atoms with van der Waals surface area (Å²) in [6.45, 7) is 7.18. The molecule has 0 bridgehead atoms. The van der Waals surface area contributed by atoms with Gasteiger partial charge in [-0.1, -0.05) is 13.8 Å². The van der Waals surface area contributed by atoms with E-state index >= 15 is 0 Å². The highest BCUT2D eigenvalue weighted by Crippen LogP contribution is 2.09. The van der Waals surface area contributed by atoms with Gasteiger partial charge in [0.1, 0.15) is 0 Å². The fourth-order valence-electron chi connectivity index (χ4n) is 1.36. The van der Waals surface area contributed by atoms with Crippen molar-refractivity contribution in [3.8, 4) is 0 Å². The van der Waals surface area contributed by atoms with Crippen LogP contribution >= 0.6 is 11.8 Å². The van der Waals surface area contributed by atoms with Crippen LogP contribution < -0.4 is 5.32 Å². The van der Waals surface area contributed by atoms with Crippen LogP contribution in [0.4, 0.5) is 0 Å². The lowest BCUT2D eigenvalue weighted by Gasteiger charge is -2.19. The Hall–Kier alpha value is -0.220. The van der Waals surface area contributed by atoms with Crippen molar-refractivity contribution in [1.82, 2.24) is 5.32 Å². The SMILES string of the molecule is COC(=O)C(C)CC(C)NCC(C)SC. The summed E-state index contributed by atoms with van der Waals surface area (Å²) < 4.78 is 4.69. The Labute approximate surface area is 97.3 Å². The molecule has 0 aliphatic carbocycles. The van der Waals surface area contributed by atoms with Gasteiger partial charge in [0.2, 0.25) is 0 Å². The lowest BCUT2D eigenvalue weighted by molar-refractivity contribution is -0.145. The van der Waals surface area contributed by atoms with Crippen LogP contribution in [0.1, 0.15) is 27.2 Å². The maximum absolute atomic E-state index is 11.2. The quantitative estimate of drug-likeness (QED) is 0.682. The molecule has 0 rings (SSSR count). The molecule has 0 aromatic carbocycles. The first-order valence-corrected chi connectivity index (χ1v) is 6.64. The van der Waals surface area contributed by atoms with Crippen molar-refractivity contribution in [3.63, 3.8) is 0 Å². The molecule has 3 unspecified atom stereocenters. The average molecular weight is 233 g/mol. The zero-order valence-electron chi connectivity index (χ0n) is 10.4. The molecule has 0 saturated carbocycles. The van der Waals surface area contributed by atoms with E-state index in [1.165, 1.54) is 7.11 Å². The van der Waals surface area contributed by atoms with E-state index in [4.69, 9.17) is 0 Å². The highest BCUT2D eigenvalue weighted by Gasteiger charge is 2.16. The molecule has 0 saturated heterocycles. The summed E-state index contributed by atoms with van der Waals surface area (Å²) in [5, 5.41) is 4.03. The standard InChI is InChI=1S/C11H23NO2S/c1-8(11(13)14-4)6-9(2)12-7-10(3)15-5/h8-10,12H,6-7H2,1-5H3. The molecule has 1 N–H and O–H groups in total. The molecule has 0 radical (unpaired) electrons. The summed E-state index contributed by atoms with van der Waals surface area (Å²) in [4.78, 5) is 11.2. The van der Waals surface area contributed by atoms with Crippen molar-refractivity contribution in [2.75, 3.05) is 19.9 Å². The fraction of sp³-hybridized carbons (Fsp3) is 0.909. The maximum Gasteiger partial charge on any atom is 0.308 e. The Morgan fingerprint density at radius 2 is 2.00 bits per heavy atom. The lowest BCUT2D eigenvalue weighted by Crippen LogP contribution is -2.34. The summed E-state index contributed by atoms with van der Waals surface area (Å²) in [7, 11) is 1.44. The second kappa shape index (κ2) is 7.99. The Kier molecular flexibility index (Phi) is 7.88. The van der Waals surface area contributed by atoms with E-state index in [1.807, 2.05) is 18.7 Å². The Morgan fingerprint density at radius 1 is 1.40 bits per heavy atom. The van der Waals surface area contributed by atoms with Crippen molar-refractivity contribution >= 4 is 17.7 Å². The molecule has 0 amide bonds. The molecule has 0 aliphatic heterocycles. The number of methoxy groups -OCH3 is 1. The molecule has 0 fully saturated rings. The van der Waals surface area contributed by atoms with Crippen molar-refractivity contribution in [1.29, 1.82) is 0 Å². The molecule has 0 spiro atoms. The lowest BCUT2D eigenvalue weighted by atomic mass is 10.0. The van der Waals surface area contributed by atoms with Gasteiger partial charge < -0.3 is 10.1 Å². The number of carbonyl (C=O) groups excluding carboxylic acids is 1. The highest BCUT2D eigenvalue weighted by molar-refractivity contribution is 7.99. The predicted molar refractivity (Wildman–Crippen MR) is 66.2 cm³/mol. The molecule has 3 atom stereocenters. The molecular formula is C11H23NO2S. The molecule has 3 nitrogen and oxygen atoms in total. The van der Waals surface area contributed by atoms with Crippen molar-refractivity contribution < 1.29 is 9.53 Å². The zero-order valence-corrected chi connectivity index (χ0v) is 11.2. The van der Waals surface area contributed by atoms with Gasteiger partial charge >= 0.3 is 5.97 Å². The van der Waals surface area contributed by atoms with E-state index in [2.05, 4.69) is 30.2 Å². The smallest absolute Gasteiger partial charge is 0.308 e. The molecule has 0 heterocycles. The highest BCUT2D eigenvalue weighted by atomic mass is 32.2. The Morgan fingerprint density at radius 3 is 2.47 bits per heavy atom. The van der Waals surface area contributed by atoms with Crippen LogP contribution in [0, 0.1) is 5.92 Å². The van der Waals surface area contributed by atoms with Gasteiger partial charge in [-0.3, -0.25) is 4.79 Å². The van der Waals surface area contributed by atoms with E-state index in [0.29, 0.717) is 11.3 Å². The Bertz CT molecular complexity index is 187. The summed E-state index contributed by atoms with van der Waals surface area (Å²) in [6.07, 6.45) is 2.93. The normalized spacial score (nSPS) is 16.9. The van der Waals surface area contributed by atoms with Gasteiger partial charge in [0.05, 0.1) is 13.0 Å². The number of nitrogens with one attached hydrogen (secondary N) is 1. The molecule has 0 aromatic rings. The van der Waals surface area contributed by atoms with Crippen LogP contribution in [0.25, 0.3) is 0 Å². The van der Waals surface area contributed by atoms with Crippen molar-refractivity contribution in [2.24, 2.45) is 5.92 Å². The first kappa shape index (κ1) is 14.8. The van der Waals surface area contributed by atoms with E-state index in [9.17, 15) is 4.79 Å². The molecule has 15 heavy (non-hydrogen) atoms. The number of rotatable bonds is 7. The van der Waals surface area contributed by atoms with E-state index in [1.54, 1.807) is 0 Å². The van der Waals surface area contributed by atoms with Crippen LogP contribution in [0.15, 0.2) is 0 Å². The Balaban J connectivity index is 3.73. The van der Waals surface area contributed by atoms with Crippen LogP contribution in [-0.2, 0) is 9.53 Å². The number of esters is 1. The summed E-state index contributed by atoms with van der Waals surface area (Å²) in [5.41, 5.74) is 0. The topological polar surface area (TPSA) is 38.3 Å². The first-order valence-electron chi connectivity index (χ1n) is 5.35. The number of ether oxygens (including phenoxy) is 1. The molecule has 0 aromatic heterocycles. The molecule has 0 aliphatic rings. The van der Waals surface area contributed by atoms with Gasteiger partial charge in [-0.05, 0) is 19.6 Å². The van der Waals surface area contributed by atoms with Gasteiger partial charge in [-0.2, -0.15) is 11.8 Å². The fourth-order valence-corrected chi connectivity index (χ4v) is 1.62. The monoisotopic (exact) mass is 233 g/mol. The summed E-state index contributed by atoms with van der Waals surface area (Å²) in [6, 6.07) is 0.355. The minimum absolute atomic E-state index is 0.0258. The number of hydrogen-bond donors (Lipinski definition) is 1. The minimum atomic E-state index is -0.124. The van der Waals surface area contributed by atoms with Gasteiger partial charge in [-0.25, -0.2) is 0 Å². The van der Waals surface area contributed by atoms with Gasteiger partial charge in [0.25, 0.3) is 0 Å². The molecular weight excluding hydrogens is 210 g/mol. The van der Waals surface area contributed by atoms with Crippen LogP contribution in [0.5, 0.6) is 0 Å². The van der Waals surface area contributed by atoms with E-state index in [0.717, 1.165) is 13.0 Å². The van der Waals surface area contributed by atoms with Crippen LogP contribution in [-0.4, -0.2) is 37.2 Å². The third-order valence-corrected chi connectivity index (χ3v) is 3.44. The zero-order chi connectivity index (χ0) is 11.8. The van der Waals surface area contributed by atoms with E-state index in [-0.39, 0.29) is 11.9 Å². The number of hydrogen-bond acceptors (Lipinski definition) is 4. The summed E-state index contributed by atoms with van der Waals surface area (Å²) in [5.74, 6) is -0.149. The predicted octanol–water partition coefficient (Wildman–Crippen LogP) is 1.92. The van der Waals surface area contributed by atoms with Gasteiger partial charge in [-0.15, -0.1) is 0 Å². The maximum atomic E-state index is 11.2. The van der Waals surface area contributed by atoms with Crippen molar-refractivity contribution in [3.05, 3.63) is 0 Å². The summed E-state index contributed by atoms with van der Waals surface area (Å²) >= 11 is 1.84. The number of carbonyl (C=O) groups is 1. The van der Waals surface area contributed by atoms with Gasteiger partial charge in [0, 0.05) is 17.8 Å². The largest absolute Gasteiger partial charge is 0.469 e. The minimum Gasteiger partial charge on any atom is -0.469 e. The number of thioether (sulfide) groups is 1. The molecule has 90 valence electrons.